The average Bonchev–Trinajstić information content (AvgIpc) is 2.16. The molecule has 5 N–H and O–H groups in total. The van der Waals surface area contributed by atoms with Crippen molar-refractivity contribution in [1.82, 2.24) is 0 Å². The molecule has 16 heavy (non-hydrogen) atoms. The second-order valence-corrected chi connectivity index (χ2v) is 3.28. The van der Waals surface area contributed by atoms with E-state index in [1.54, 1.807) is 19.9 Å². The van der Waals surface area contributed by atoms with E-state index in [9.17, 15) is 0 Å². The van der Waals surface area contributed by atoms with Crippen molar-refractivity contribution in [2.24, 2.45) is 21.5 Å². The van der Waals surface area contributed by atoms with Gasteiger partial charge in [0.2, 0.25) is 11.8 Å². The Balaban J connectivity index is 4.69. The minimum absolute atomic E-state index is 0.0323. The zero-order valence-corrected chi connectivity index (χ0v) is 9.97. The number of ether oxygens (including phenoxy) is 1. The molecule has 0 radical (unpaired) electrons. The smallest absolute Gasteiger partial charge is 0.224 e. The van der Waals surface area contributed by atoms with Crippen molar-refractivity contribution in [1.29, 1.82) is 0 Å². The summed E-state index contributed by atoms with van der Waals surface area (Å²) in [5.74, 6) is 0.698. The summed E-state index contributed by atoms with van der Waals surface area (Å²) in [6.07, 6.45) is 2.16. The first kappa shape index (κ1) is 14.4. The van der Waals surface area contributed by atoms with E-state index in [0.29, 0.717) is 11.7 Å². The Morgan fingerprint density at radius 3 is 2.50 bits per heavy atom. The Hall–Kier alpha value is -1.56. The van der Waals surface area contributed by atoms with Crippen molar-refractivity contribution in [2.75, 3.05) is 6.61 Å². The molecule has 0 saturated carbocycles. The number of nitrogens with zero attached hydrogens (tertiary/aromatic N) is 2. The number of hydrogen-bond acceptors (Lipinski definition) is 3. The van der Waals surface area contributed by atoms with Gasteiger partial charge in [-0.3, -0.25) is 0 Å². The highest BCUT2D eigenvalue weighted by molar-refractivity contribution is 5.93. The topological polar surface area (TPSA) is 106 Å². The van der Waals surface area contributed by atoms with Crippen LogP contribution in [0.15, 0.2) is 21.9 Å². The molecule has 1 unspecified atom stereocenters. The minimum Gasteiger partial charge on any atom is -0.472 e. The molecule has 6 nitrogen and oxygen atoms in total. The maximum atomic E-state index is 8.85. The summed E-state index contributed by atoms with van der Waals surface area (Å²) in [5, 5.41) is 8.85. The first-order chi connectivity index (χ1) is 7.49. The molecule has 92 valence electrons. The Bertz CT molecular complexity index is 293. The predicted molar refractivity (Wildman–Crippen MR) is 64.9 cm³/mol. The number of aliphatic hydroxyl groups excluding tert-OH is 1. The molecule has 6 heteroatoms. The summed E-state index contributed by atoms with van der Waals surface area (Å²) in [5.41, 5.74) is 10.9. The molecule has 0 amide bonds. The lowest BCUT2D eigenvalue weighted by molar-refractivity contribution is 0.0707. The maximum absolute atomic E-state index is 8.85. The van der Waals surface area contributed by atoms with Gasteiger partial charge < -0.3 is 21.3 Å². The molecule has 0 spiro atoms. The molecule has 0 aromatic carbocycles. The molecular weight excluding hydrogens is 208 g/mol. The highest BCUT2D eigenvalue weighted by Gasteiger charge is 2.04. The third-order valence-electron chi connectivity index (χ3n) is 1.47. The number of aliphatic hydroxyl groups is 1. The SMILES string of the molecule is CC/C=C(/N=C(N)\N=C(/C)N)OC(C)CO. The lowest BCUT2D eigenvalue weighted by Gasteiger charge is -2.11. The number of allylic oxidation sites excluding steroid dienone is 1. The minimum atomic E-state index is -0.336. The van der Waals surface area contributed by atoms with Crippen LogP contribution >= 0.6 is 0 Å². The fourth-order valence-corrected chi connectivity index (χ4v) is 0.857. The lowest BCUT2D eigenvalue weighted by atomic mass is 10.4. The fraction of sp³-hybridized carbons (Fsp3) is 0.600. The molecule has 0 aliphatic rings. The van der Waals surface area contributed by atoms with Gasteiger partial charge in [-0.1, -0.05) is 6.92 Å². The third kappa shape index (κ3) is 6.83. The van der Waals surface area contributed by atoms with Crippen LogP contribution in [0.1, 0.15) is 27.2 Å². The van der Waals surface area contributed by atoms with E-state index in [1.165, 1.54) is 0 Å². The maximum Gasteiger partial charge on any atom is 0.224 e. The standard InChI is InChI=1S/C10H20N4O2/c1-4-5-9(16-7(2)6-15)14-10(12)13-8(3)11/h5,7,15H,4,6H2,1-3H3,(H4,11,12,13,14)/b9-5-. The lowest BCUT2D eigenvalue weighted by Crippen LogP contribution is -2.17. The Morgan fingerprint density at radius 2 is 2.06 bits per heavy atom. The van der Waals surface area contributed by atoms with E-state index in [1.807, 2.05) is 6.92 Å². The molecule has 0 rings (SSSR count). The number of hydrogen-bond donors (Lipinski definition) is 3. The normalized spacial score (nSPS) is 16.1. The van der Waals surface area contributed by atoms with Gasteiger partial charge in [-0.2, -0.15) is 4.99 Å². The highest BCUT2D eigenvalue weighted by atomic mass is 16.5. The first-order valence-corrected chi connectivity index (χ1v) is 5.12. The van der Waals surface area contributed by atoms with Gasteiger partial charge in [0.15, 0.2) is 0 Å². The van der Waals surface area contributed by atoms with Crippen molar-refractivity contribution < 1.29 is 9.84 Å². The predicted octanol–water partition coefficient (Wildman–Crippen LogP) is 0.327. The molecule has 0 aromatic rings. The van der Waals surface area contributed by atoms with Gasteiger partial charge in [-0.15, -0.1) is 0 Å². The Labute approximate surface area is 95.7 Å². The second kappa shape index (κ2) is 7.70. The average molecular weight is 228 g/mol. The van der Waals surface area contributed by atoms with Crippen LogP contribution < -0.4 is 11.5 Å². The molecular formula is C10H20N4O2. The van der Waals surface area contributed by atoms with Crippen LogP contribution in [-0.2, 0) is 4.74 Å². The summed E-state index contributed by atoms with van der Waals surface area (Å²) in [6.45, 7) is 5.20. The van der Waals surface area contributed by atoms with Crippen molar-refractivity contribution in [3.63, 3.8) is 0 Å². The summed E-state index contributed by atoms with van der Waals surface area (Å²) in [7, 11) is 0. The number of aliphatic imine (C=N–C) groups is 2. The zero-order valence-electron chi connectivity index (χ0n) is 9.97. The van der Waals surface area contributed by atoms with Gasteiger partial charge in [-0.05, 0) is 26.3 Å². The van der Waals surface area contributed by atoms with Crippen molar-refractivity contribution in [3.05, 3.63) is 12.0 Å². The number of guanidine groups is 1. The van der Waals surface area contributed by atoms with Crippen LogP contribution in [0.4, 0.5) is 0 Å². The van der Waals surface area contributed by atoms with E-state index in [-0.39, 0.29) is 18.7 Å². The van der Waals surface area contributed by atoms with Crippen LogP contribution in [0.3, 0.4) is 0 Å². The Kier molecular flexibility index (Phi) is 6.95. The van der Waals surface area contributed by atoms with Gasteiger partial charge in [0.1, 0.15) is 6.10 Å². The first-order valence-electron chi connectivity index (χ1n) is 5.12. The van der Waals surface area contributed by atoms with E-state index < -0.39 is 0 Å². The van der Waals surface area contributed by atoms with Gasteiger partial charge in [0, 0.05) is 0 Å². The number of rotatable bonds is 5. The molecule has 0 aromatic heterocycles. The van der Waals surface area contributed by atoms with Crippen LogP contribution in [0, 0.1) is 0 Å². The van der Waals surface area contributed by atoms with Crippen LogP contribution in [0.25, 0.3) is 0 Å². The van der Waals surface area contributed by atoms with Crippen molar-refractivity contribution >= 4 is 11.8 Å². The summed E-state index contributed by atoms with van der Waals surface area (Å²) in [4.78, 5) is 7.72. The third-order valence-corrected chi connectivity index (χ3v) is 1.47. The molecule has 0 fully saturated rings. The number of amidine groups is 1. The summed E-state index contributed by atoms with van der Waals surface area (Å²) < 4.78 is 5.33. The molecule has 0 saturated heterocycles. The highest BCUT2D eigenvalue weighted by Crippen LogP contribution is 2.05. The second-order valence-electron chi connectivity index (χ2n) is 3.28. The molecule has 0 bridgehead atoms. The Morgan fingerprint density at radius 1 is 1.44 bits per heavy atom. The van der Waals surface area contributed by atoms with Crippen LogP contribution in [-0.4, -0.2) is 29.6 Å². The van der Waals surface area contributed by atoms with Crippen molar-refractivity contribution in [3.8, 4) is 0 Å². The van der Waals surface area contributed by atoms with Gasteiger partial charge in [0.25, 0.3) is 0 Å². The quantitative estimate of drug-likeness (QED) is 0.358. The van der Waals surface area contributed by atoms with E-state index in [2.05, 4.69) is 9.98 Å². The molecule has 0 aliphatic heterocycles. The zero-order chi connectivity index (χ0) is 12.6. The van der Waals surface area contributed by atoms with Gasteiger partial charge in [-0.25, -0.2) is 4.99 Å². The molecule has 0 aliphatic carbocycles. The van der Waals surface area contributed by atoms with Crippen LogP contribution in [0.5, 0.6) is 0 Å². The van der Waals surface area contributed by atoms with Crippen LogP contribution in [0.2, 0.25) is 0 Å². The van der Waals surface area contributed by atoms with Gasteiger partial charge in [0.05, 0.1) is 12.4 Å². The summed E-state index contributed by atoms with van der Waals surface area (Å²) >= 11 is 0. The molecule has 0 heterocycles. The van der Waals surface area contributed by atoms with Gasteiger partial charge >= 0.3 is 0 Å². The fourth-order valence-electron chi connectivity index (χ4n) is 0.857. The van der Waals surface area contributed by atoms with E-state index in [4.69, 9.17) is 21.3 Å². The largest absolute Gasteiger partial charge is 0.472 e. The molecule has 1 atom stereocenters. The van der Waals surface area contributed by atoms with E-state index >= 15 is 0 Å². The van der Waals surface area contributed by atoms with E-state index in [0.717, 1.165) is 6.42 Å². The number of nitrogens with two attached hydrogens (primary N) is 2. The monoisotopic (exact) mass is 228 g/mol. The summed E-state index contributed by atoms with van der Waals surface area (Å²) in [6, 6.07) is 0. The van der Waals surface area contributed by atoms with Crippen molar-refractivity contribution in [2.45, 2.75) is 33.3 Å².